The Kier molecular flexibility index (Phi) is 8.05. The van der Waals surface area contributed by atoms with Crippen LogP contribution in [0.25, 0.3) is 0 Å². The molecule has 0 radical (unpaired) electrons. The number of rotatable bonds is 10. The molecular formula is C20H23F2N3O5. The standard InChI is InChI=1S/C20H23F2N3O5/c1-13-4-6-15(25(27)28)11-16(13)23-19(26)8-9-24(2)12-14-5-7-17(29-3)18(10-14)30-20(21)22/h4-7,10-11,20H,8-9,12H2,1-3H3,(H,23,26). The van der Waals surface area contributed by atoms with Crippen molar-refractivity contribution in [3.8, 4) is 11.5 Å². The zero-order valence-corrected chi connectivity index (χ0v) is 16.9. The first kappa shape index (κ1) is 23.0. The molecule has 0 aliphatic carbocycles. The summed E-state index contributed by atoms with van der Waals surface area (Å²) in [5.74, 6) is -0.146. The van der Waals surface area contributed by atoms with E-state index in [-0.39, 0.29) is 29.5 Å². The first-order valence-corrected chi connectivity index (χ1v) is 9.04. The third-order valence-electron chi connectivity index (χ3n) is 4.32. The highest BCUT2D eigenvalue weighted by Crippen LogP contribution is 2.30. The second-order valence-corrected chi connectivity index (χ2v) is 6.66. The van der Waals surface area contributed by atoms with Crippen LogP contribution in [0.2, 0.25) is 0 Å². The zero-order chi connectivity index (χ0) is 22.3. The van der Waals surface area contributed by atoms with Crippen LogP contribution >= 0.6 is 0 Å². The van der Waals surface area contributed by atoms with Crippen LogP contribution in [-0.2, 0) is 11.3 Å². The molecule has 2 aromatic carbocycles. The zero-order valence-electron chi connectivity index (χ0n) is 16.9. The number of hydrogen-bond donors (Lipinski definition) is 1. The molecule has 0 aliphatic rings. The van der Waals surface area contributed by atoms with Crippen molar-refractivity contribution in [1.82, 2.24) is 4.90 Å². The number of nitrogens with zero attached hydrogens (tertiary/aromatic N) is 2. The van der Waals surface area contributed by atoms with E-state index in [0.29, 0.717) is 29.9 Å². The van der Waals surface area contributed by atoms with Gasteiger partial charge in [-0.1, -0.05) is 12.1 Å². The summed E-state index contributed by atoms with van der Waals surface area (Å²) in [7, 11) is 3.14. The molecule has 30 heavy (non-hydrogen) atoms. The van der Waals surface area contributed by atoms with E-state index in [0.717, 1.165) is 0 Å². The Labute approximate surface area is 172 Å². The van der Waals surface area contributed by atoms with Crippen LogP contribution in [0.4, 0.5) is 20.2 Å². The number of methoxy groups -OCH3 is 1. The summed E-state index contributed by atoms with van der Waals surface area (Å²) in [6.45, 7) is -0.439. The lowest BCUT2D eigenvalue weighted by molar-refractivity contribution is -0.384. The topological polar surface area (TPSA) is 93.9 Å². The number of amides is 1. The minimum Gasteiger partial charge on any atom is -0.493 e. The van der Waals surface area contributed by atoms with E-state index in [1.165, 1.54) is 25.3 Å². The van der Waals surface area contributed by atoms with Crippen molar-refractivity contribution in [2.75, 3.05) is 26.0 Å². The van der Waals surface area contributed by atoms with E-state index in [2.05, 4.69) is 10.1 Å². The van der Waals surface area contributed by atoms with Crippen molar-refractivity contribution in [3.63, 3.8) is 0 Å². The van der Waals surface area contributed by atoms with Crippen LogP contribution in [-0.4, -0.2) is 43.0 Å². The lowest BCUT2D eigenvalue weighted by Crippen LogP contribution is -2.24. The Morgan fingerprint density at radius 3 is 2.60 bits per heavy atom. The number of nitro groups is 1. The average molecular weight is 423 g/mol. The van der Waals surface area contributed by atoms with Crippen LogP contribution in [0.3, 0.4) is 0 Å². The van der Waals surface area contributed by atoms with E-state index < -0.39 is 11.5 Å². The molecule has 0 saturated carbocycles. The third kappa shape index (κ3) is 6.66. The molecule has 1 N–H and O–H groups in total. The SMILES string of the molecule is COc1ccc(CN(C)CCC(=O)Nc2cc([N+](=O)[O-])ccc2C)cc1OC(F)F. The van der Waals surface area contributed by atoms with Gasteiger partial charge in [0, 0.05) is 31.6 Å². The number of nitrogens with one attached hydrogen (secondary N) is 1. The number of hydrogen-bond acceptors (Lipinski definition) is 6. The number of carbonyl (C=O) groups is 1. The second-order valence-electron chi connectivity index (χ2n) is 6.66. The summed E-state index contributed by atoms with van der Waals surface area (Å²) in [5, 5.41) is 13.6. The summed E-state index contributed by atoms with van der Waals surface area (Å²) in [4.78, 5) is 24.4. The van der Waals surface area contributed by atoms with Gasteiger partial charge in [-0.05, 0) is 37.2 Å². The highest BCUT2D eigenvalue weighted by atomic mass is 19.3. The molecule has 0 spiro atoms. The maximum atomic E-state index is 12.5. The molecule has 162 valence electrons. The van der Waals surface area contributed by atoms with E-state index in [4.69, 9.17) is 4.74 Å². The highest BCUT2D eigenvalue weighted by Gasteiger charge is 2.14. The van der Waals surface area contributed by atoms with Crippen molar-refractivity contribution >= 4 is 17.3 Å². The van der Waals surface area contributed by atoms with Gasteiger partial charge in [0.05, 0.1) is 17.7 Å². The Balaban J connectivity index is 1.93. The molecule has 8 nitrogen and oxygen atoms in total. The van der Waals surface area contributed by atoms with Gasteiger partial charge in [-0.2, -0.15) is 8.78 Å². The minimum atomic E-state index is -2.96. The number of alkyl halides is 2. The number of non-ortho nitro benzene ring substituents is 1. The Hall–Kier alpha value is -3.27. The van der Waals surface area contributed by atoms with Gasteiger partial charge in [-0.15, -0.1) is 0 Å². The summed E-state index contributed by atoms with van der Waals surface area (Å²) in [5.41, 5.74) is 1.71. The molecule has 1 amide bonds. The van der Waals surface area contributed by atoms with Crippen molar-refractivity contribution in [2.45, 2.75) is 26.5 Å². The maximum Gasteiger partial charge on any atom is 0.387 e. The molecule has 0 aliphatic heterocycles. The fourth-order valence-corrected chi connectivity index (χ4v) is 2.76. The number of nitro benzene ring substituents is 1. The number of aryl methyl sites for hydroxylation is 1. The molecule has 0 saturated heterocycles. The van der Waals surface area contributed by atoms with Crippen molar-refractivity contribution < 1.29 is 28.0 Å². The van der Waals surface area contributed by atoms with E-state index >= 15 is 0 Å². The molecule has 0 fully saturated rings. The average Bonchev–Trinajstić information content (AvgIpc) is 2.67. The molecule has 0 atom stereocenters. The van der Waals surface area contributed by atoms with Gasteiger partial charge in [0.2, 0.25) is 5.91 Å². The Morgan fingerprint density at radius 1 is 1.23 bits per heavy atom. The molecule has 2 rings (SSSR count). The van der Waals surface area contributed by atoms with E-state index in [1.807, 2.05) is 4.90 Å². The predicted molar refractivity (Wildman–Crippen MR) is 107 cm³/mol. The van der Waals surface area contributed by atoms with Crippen molar-refractivity contribution in [2.24, 2.45) is 0 Å². The fraction of sp³-hybridized carbons (Fsp3) is 0.350. The number of halogens is 2. The number of anilines is 1. The maximum absolute atomic E-state index is 12.5. The van der Waals surface area contributed by atoms with Gasteiger partial charge >= 0.3 is 6.61 Å². The summed E-state index contributed by atoms with van der Waals surface area (Å²) < 4.78 is 34.6. The van der Waals surface area contributed by atoms with Gasteiger partial charge in [0.1, 0.15) is 0 Å². The molecule has 0 heterocycles. The van der Waals surface area contributed by atoms with Crippen LogP contribution in [0.15, 0.2) is 36.4 Å². The minimum absolute atomic E-state index is 0.0581. The highest BCUT2D eigenvalue weighted by molar-refractivity contribution is 5.92. The Bertz CT molecular complexity index is 908. The molecule has 0 bridgehead atoms. The molecule has 0 unspecified atom stereocenters. The van der Waals surface area contributed by atoms with E-state index in [1.54, 1.807) is 32.2 Å². The smallest absolute Gasteiger partial charge is 0.387 e. The number of ether oxygens (including phenoxy) is 2. The molecular weight excluding hydrogens is 400 g/mol. The van der Waals surface area contributed by atoms with Gasteiger partial charge < -0.3 is 19.7 Å². The van der Waals surface area contributed by atoms with Gasteiger partial charge in [0.25, 0.3) is 5.69 Å². The van der Waals surface area contributed by atoms with E-state index in [9.17, 15) is 23.7 Å². The monoisotopic (exact) mass is 423 g/mol. The van der Waals surface area contributed by atoms with Crippen molar-refractivity contribution in [3.05, 3.63) is 57.6 Å². The number of carbonyl (C=O) groups excluding carboxylic acids is 1. The van der Waals surface area contributed by atoms with Gasteiger partial charge in [0.15, 0.2) is 11.5 Å². The fourth-order valence-electron chi connectivity index (χ4n) is 2.76. The quantitative estimate of drug-likeness (QED) is 0.459. The Morgan fingerprint density at radius 2 is 1.97 bits per heavy atom. The second kappa shape index (κ2) is 10.5. The van der Waals surface area contributed by atoms with Crippen LogP contribution in [0.1, 0.15) is 17.5 Å². The normalized spacial score (nSPS) is 10.9. The molecule has 2 aromatic rings. The third-order valence-corrected chi connectivity index (χ3v) is 4.32. The first-order valence-electron chi connectivity index (χ1n) is 9.04. The van der Waals surface area contributed by atoms with Crippen LogP contribution in [0, 0.1) is 17.0 Å². The summed E-state index contributed by atoms with van der Waals surface area (Å²) >= 11 is 0. The van der Waals surface area contributed by atoms with Crippen LogP contribution < -0.4 is 14.8 Å². The summed E-state index contributed by atoms with van der Waals surface area (Å²) in [6, 6.07) is 8.99. The largest absolute Gasteiger partial charge is 0.493 e. The first-order chi connectivity index (χ1) is 14.2. The summed E-state index contributed by atoms with van der Waals surface area (Å²) in [6.07, 6.45) is 0.148. The van der Waals surface area contributed by atoms with Gasteiger partial charge in [-0.25, -0.2) is 0 Å². The van der Waals surface area contributed by atoms with Crippen LogP contribution in [0.5, 0.6) is 11.5 Å². The lowest BCUT2D eigenvalue weighted by Gasteiger charge is -2.18. The van der Waals surface area contributed by atoms with Crippen molar-refractivity contribution in [1.29, 1.82) is 0 Å². The predicted octanol–water partition coefficient (Wildman–Crippen LogP) is 3.97. The number of benzene rings is 2. The molecule has 0 aromatic heterocycles. The lowest BCUT2D eigenvalue weighted by atomic mass is 10.1. The molecule has 10 heteroatoms. The van der Waals surface area contributed by atoms with Gasteiger partial charge in [-0.3, -0.25) is 14.9 Å².